The average molecular weight is 459 g/mol. The lowest BCUT2D eigenvalue weighted by Crippen LogP contribution is -2.40. The molecule has 2 aromatic carbocycles. The molecule has 0 spiro atoms. The molecule has 2 amide bonds. The second-order valence-electron chi connectivity index (χ2n) is 9.36. The Morgan fingerprint density at radius 2 is 1.82 bits per heavy atom. The second-order valence-corrected chi connectivity index (χ2v) is 9.36. The van der Waals surface area contributed by atoms with Crippen LogP contribution in [0.25, 0.3) is 16.9 Å². The number of piperidine rings is 1. The molecule has 0 saturated carbocycles. The molecule has 0 radical (unpaired) electrons. The van der Waals surface area contributed by atoms with Crippen LogP contribution in [0, 0.1) is 12.8 Å². The lowest BCUT2D eigenvalue weighted by molar-refractivity contribution is -0.122. The molecule has 2 heterocycles. The summed E-state index contributed by atoms with van der Waals surface area (Å²) in [4.78, 5) is 27.8. The van der Waals surface area contributed by atoms with Gasteiger partial charge in [0.05, 0.1) is 11.3 Å². The van der Waals surface area contributed by atoms with Crippen LogP contribution in [0.2, 0.25) is 0 Å². The van der Waals surface area contributed by atoms with Crippen LogP contribution in [0.15, 0.2) is 60.8 Å². The highest BCUT2D eigenvalue weighted by atomic mass is 16.2. The van der Waals surface area contributed by atoms with Gasteiger partial charge in [0, 0.05) is 37.3 Å². The van der Waals surface area contributed by atoms with Crippen LogP contribution in [0.4, 0.5) is 0 Å². The fourth-order valence-corrected chi connectivity index (χ4v) is 4.46. The molecule has 1 fully saturated rings. The highest BCUT2D eigenvalue weighted by molar-refractivity contribution is 6.00. The minimum atomic E-state index is 0.00111. The Balaban J connectivity index is 1.51. The SMILES string of the molecule is CCC(C)NC(=O)CC1CCN(C(=O)c2cn(-c3ccccc3)nc2-c2cccc(C)c2)CC1. The zero-order valence-electron chi connectivity index (χ0n) is 20.3. The van der Waals surface area contributed by atoms with E-state index in [0.29, 0.717) is 36.7 Å². The number of nitrogens with zero attached hydrogens (tertiary/aromatic N) is 3. The highest BCUT2D eigenvalue weighted by Crippen LogP contribution is 2.28. The number of nitrogens with one attached hydrogen (secondary N) is 1. The molecule has 1 N–H and O–H groups in total. The second kappa shape index (κ2) is 10.7. The largest absolute Gasteiger partial charge is 0.354 e. The molecule has 4 rings (SSSR count). The number of aromatic nitrogens is 2. The van der Waals surface area contributed by atoms with Crippen LogP contribution in [0.5, 0.6) is 0 Å². The van der Waals surface area contributed by atoms with Gasteiger partial charge in [-0.2, -0.15) is 5.10 Å². The van der Waals surface area contributed by atoms with Gasteiger partial charge < -0.3 is 10.2 Å². The summed E-state index contributed by atoms with van der Waals surface area (Å²) in [5, 5.41) is 7.87. The minimum Gasteiger partial charge on any atom is -0.354 e. The van der Waals surface area contributed by atoms with E-state index in [-0.39, 0.29) is 17.9 Å². The summed E-state index contributed by atoms with van der Waals surface area (Å²) in [6.45, 7) is 7.45. The van der Waals surface area contributed by atoms with Gasteiger partial charge in [-0.15, -0.1) is 0 Å². The van der Waals surface area contributed by atoms with Crippen molar-refractivity contribution in [2.75, 3.05) is 13.1 Å². The monoisotopic (exact) mass is 458 g/mol. The molecular weight excluding hydrogens is 424 g/mol. The van der Waals surface area contributed by atoms with Crippen LogP contribution in [-0.2, 0) is 4.79 Å². The number of carbonyl (C=O) groups excluding carboxylic acids is 2. The lowest BCUT2D eigenvalue weighted by Gasteiger charge is -2.32. The van der Waals surface area contributed by atoms with Crippen molar-refractivity contribution in [1.82, 2.24) is 20.0 Å². The Morgan fingerprint density at radius 1 is 1.09 bits per heavy atom. The standard InChI is InChI=1S/C28H34N4O2/c1-4-21(3)29-26(33)18-22-13-15-31(16-14-22)28(34)25-19-32(24-11-6-5-7-12-24)30-27(25)23-10-8-9-20(2)17-23/h5-12,17,19,21-22H,4,13-16,18H2,1-3H3,(H,29,33). The minimum absolute atomic E-state index is 0.00111. The van der Waals surface area contributed by atoms with Gasteiger partial charge >= 0.3 is 0 Å². The number of aryl methyl sites for hydroxylation is 1. The zero-order chi connectivity index (χ0) is 24.1. The Labute approximate surface area is 202 Å². The molecule has 1 unspecified atom stereocenters. The first-order valence-corrected chi connectivity index (χ1v) is 12.3. The molecule has 1 aliphatic rings. The molecule has 178 valence electrons. The number of amides is 2. The van der Waals surface area contributed by atoms with E-state index in [0.717, 1.165) is 36.1 Å². The molecule has 1 saturated heterocycles. The van der Waals surface area contributed by atoms with Crippen LogP contribution >= 0.6 is 0 Å². The van der Waals surface area contributed by atoms with Crippen molar-refractivity contribution in [2.24, 2.45) is 5.92 Å². The lowest BCUT2D eigenvalue weighted by atomic mass is 9.92. The predicted octanol–water partition coefficient (Wildman–Crippen LogP) is 5.00. The van der Waals surface area contributed by atoms with Gasteiger partial charge in [0.2, 0.25) is 5.91 Å². The number of likely N-dealkylation sites (tertiary alicyclic amines) is 1. The zero-order valence-corrected chi connectivity index (χ0v) is 20.3. The van der Waals surface area contributed by atoms with Crippen molar-refractivity contribution in [2.45, 2.75) is 52.5 Å². The molecule has 6 nitrogen and oxygen atoms in total. The molecule has 0 aliphatic carbocycles. The smallest absolute Gasteiger partial charge is 0.257 e. The Hall–Kier alpha value is -3.41. The summed E-state index contributed by atoms with van der Waals surface area (Å²) in [7, 11) is 0. The first-order valence-electron chi connectivity index (χ1n) is 12.3. The summed E-state index contributed by atoms with van der Waals surface area (Å²) < 4.78 is 1.79. The van der Waals surface area contributed by atoms with E-state index in [4.69, 9.17) is 5.10 Å². The van der Waals surface area contributed by atoms with E-state index < -0.39 is 0 Å². The topological polar surface area (TPSA) is 67.2 Å². The van der Waals surface area contributed by atoms with Gasteiger partial charge in [-0.3, -0.25) is 9.59 Å². The van der Waals surface area contributed by atoms with E-state index in [1.54, 1.807) is 4.68 Å². The fraction of sp³-hybridized carbons (Fsp3) is 0.393. The van der Waals surface area contributed by atoms with Crippen LogP contribution in [-0.4, -0.2) is 45.6 Å². The average Bonchev–Trinajstić information content (AvgIpc) is 3.30. The molecule has 1 aliphatic heterocycles. The normalized spacial score (nSPS) is 15.2. The van der Waals surface area contributed by atoms with Gasteiger partial charge in [0.15, 0.2) is 0 Å². The number of rotatable bonds is 7. The Morgan fingerprint density at radius 3 is 2.50 bits per heavy atom. The molecule has 3 aromatic rings. The molecule has 1 atom stereocenters. The van der Waals surface area contributed by atoms with Crippen molar-refractivity contribution in [3.63, 3.8) is 0 Å². The summed E-state index contributed by atoms with van der Waals surface area (Å²) >= 11 is 0. The van der Waals surface area contributed by atoms with E-state index in [1.165, 1.54) is 0 Å². The Bertz CT molecular complexity index is 1130. The summed E-state index contributed by atoms with van der Waals surface area (Å²) in [5.74, 6) is 0.433. The van der Waals surface area contributed by atoms with E-state index >= 15 is 0 Å². The number of hydrogen-bond donors (Lipinski definition) is 1. The maximum Gasteiger partial charge on any atom is 0.257 e. The van der Waals surface area contributed by atoms with Crippen LogP contribution < -0.4 is 5.32 Å². The van der Waals surface area contributed by atoms with Crippen molar-refractivity contribution < 1.29 is 9.59 Å². The van der Waals surface area contributed by atoms with Crippen molar-refractivity contribution in [1.29, 1.82) is 0 Å². The van der Waals surface area contributed by atoms with Crippen molar-refractivity contribution in [3.8, 4) is 16.9 Å². The molecular formula is C28H34N4O2. The maximum atomic E-state index is 13.6. The highest BCUT2D eigenvalue weighted by Gasteiger charge is 2.28. The van der Waals surface area contributed by atoms with Crippen molar-refractivity contribution in [3.05, 3.63) is 71.9 Å². The first kappa shape index (κ1) is 23.7. The van der Waals surface area contributed by atoms with E-state index in [1.807, 2.05) is 73.5 Å². The molecule has 6 heteroatoms. The van der Waals surface area contributed by atoms with Gasteiger partial charge in [-0.1, -0.05) is 48.9 Å². The van der Waals surface area contributed by atoms with Gasteiger partial charge in [0.25, 0.3) is 5.91 Å². The third-order valence-corrected chi connectivity index (χ3v) is 6.65. The summed E-state index contributed by atoms with van der Waals surface area (Å²) in [5.41, 5.74) is 4.30. The number of benzene rings is 2. The van der Waals surface area contributed by atoms with Crippen molar-refractivity contribution >= 4 is 11.8 Å². The fourth-order valence-electron chi connectivity index (χ4n) is 4.46. The quantitative estimate of drug-likeness (QED) is 0.541. The number of para-hydroxylation sites is 1. The van der Waals surface area contributed by atoms with Crippen LogP contribution in [0.3, 0.4) is 0 Å². The third-order valence-electron chi connectivity index (χ3n) is 6.65. The predicted molar refractivity (Wildman–Crippen MR) is 135 cm³/mol. The molecule has 1 aromatic heterocycles. The Kier molecular flexibility index (Phi) is 7.46. The number of hydrogen-bond acceptors (Lipinski definition) is 3. The van der Waals surface area contributed by atoms with Gasteiger partial charge in [0.1, 0.15) is 5.69 Å². The molecule has 0 bridgehead atoms. The summed E-state index contributed by atoms with van der Waals surface area (Å²) in [6.07, 6.45) is 4.99. The first-order chi connectivity index (χ1) is 16.4. The van der Waals surface area contributed by atoms with Crippen LogP contribution in [0.1, 0.15) is 55.5 Å². The van der Waals surface area contributed by atoms with Gasteiger partial charge in [-0.05, 0) is 57.2 Å². The molecule has 34 heavy (non-hydrogen) atoms. The van der Waals surface area contributed by atoms with E-state index in [2.05, 4.69) is 18.3 Å². The van der Waals surface area contributed by atoms with Gasteiger partial charge in [-0.25, -0.2) is 4.68 Å². The summed E-state index contributed by atoms with van der Waals surface area (Å²) in [6, 6.07) is 18.2. The number of carbonyl (C=O) groups is 2. The maximum absolute atomic E-state index is 13.6. The third kappa shape index (κ3) is 5.56. The van der Waals surface area contributed by atoms with E-state index in [9.17, 15) is 9.59 Å².